The highest BCUT2D eigenvalue weighted by Gasteiger charge is 2.44. The van der Waals surface area contributed by atoms with E-state index in [9.17, 15) is 58.2 Å². The number of carboxylic acids is 1. The third-order valence-electron chi connectivity index (χ3n) is 14.0. The Morgan fingerprint density at radius 1 is 0.595 bits per heavy atom. The summed E-state index contributed by atoms with van der Waals surface area (Å²) in [7, 11) is 1.59. The molecule has 0 aromatic heterocycles. The number of aliphatic hydroxyl groups is 1. The molecular weight excluding hydrogens is 1020 g/mol. The number of carbonyl (C=O) groups excluding carboxylic acids is 9. The van der Waals surface area contributed by atoms with Gasteiger partial charge in [0.25, 0.3) is 0 Å². The molecule has 0 aliphatic carbocycles. The molecule has 79 heavy (non-hydrogen) atoms. The number of hydrogen-bond acceptors (Lipinski definition) is 14. The van der Waals surface area contributed by atoms with E-state index in [1.165, 1.54) is 14.7 Å². The summed E-state index contributed by atoms with van der Waals surface area (Å²) >= 11 is 0. The van der Waals surface area contributed by atoms with Gasteiger partial charge in [-0.2, -0.15) is 0 Å². The molecule has 0 saturated carbocycles. The fraction of sp³-hybridized carbons (Fsp3) is 0.566. The number of hydrogen-bond donors (Lipinski definition) is 12. The first-order valence-electron chi connectivity index (χ1n) is 27.0. The SMILES string of the molecule is CNCC(=O)N[C@@H](CCCCN)C(=O)N[C@@H](CCCN=C(N)N)C(=O)N1CCC[C@H]1C(=O)N1CCC[C@H]1C(=O)NCC(=O)N[C@@H](Cc1ccccc1)C(=O)N[C@@H](CO)C(=O)N1CCC[C@H]1C(=O)N[C@H](Cc1ccccc1)C(=O)O. The number of aliphatic imine (C=N–C) groups is 1. The van der Waals surface area contributed by atoms with Crippen molar-refractivity contribution in [3.05, 3.63) is 71.8 Å². The Bertz CT molecular complexity index is 2450. The first-order valence-corrected chi connectivity index (χ1v) is 27.0. The second-order valence-corrected chi connectivity index (χ2v) is 19.9. The van der Waals surface area contributed by atoms with Crippen molar-refractivity contribution in [2.45, 2.75) is 132 Å². The van der Waals surface area contributed by atoms with E-state index in [2.05, 4.69) is 42.2 Å². The number of amides is 9. The van der Waals surface area contributed by atoms with E-state index in [0.717, 1.165) is 0 Å². The standard InChI is InChI=1S/C53H78N14O12/c1-57-30-43(69)60-35(18-8-9-23-54)45(71)62-36(19-10-24-58-53(55)56)49(75)67-27-13-22-42(67)51(77)66-26-11-20-40(66)47(73)59-31-44(70)61-37(28-33-14-4-2-5-15-33)46(72)64-39(32-68)50(76)65-25-12-21-41(65)48(74)63-38(52(78)79)29-34-16-6-3-7-17-34/h2-7,14-17,35-42,57,68H,8-13,18-32,54H2,1H3,(H,59,73)(H,60,69)(H,61,70)(H,62,71)(H,63,74)(H,64,72)(H,78,79)(H4,55,56,58)/t35-,36-,37-,38+,39-,40-,41-,42-/m0/s1. The summed E-state index contributed by atoms with van der Waals surface area (Å²) in [6.45, 7) is -0.561. The van der Waals surface area contributed by atoms with Crippen molar-refractivity contribution in [3.63, 3.8) is 0 Å². The lowest BCUT2D eigenvalue weighted by molar-refractivity contribution is -0.148. The number of nitrogens with two attached hydrogens (primary N) is 3. The maximum absolute atomic E-state index is 14.4. The van der Waals surface area contributed by atoms with Gasteiger partial charge in [0.2, 0.25) is 53.2 Å². The molecule has 5 rings (SSSR count). The minimum absolute atomic E-state index is 0.00509. The van der Waals surface area contributed by atoms with Crippen molar-refractivity contribution in [3.8, 4) is 0 Å². The Morgan fingerprint density at radius 2 is 1.10 bits per heavy atom. The van der Waals surface area contributed by atoms with E-state index in [1.54, 1.807) is 67.7 Å². The number of guanidine groups is 1. The van der Waals surface area contributed by atoms with Gasteiger partial charge in [-0.15, -0.1) is 0 Å². The van der Waals surface area contributed by atoms with E-state index in [0.29, 0.717) is 49.8 Å². The summed E-state index contributed by atoms with van der Waals surface area (Å²) in [6, 6.07) is 7.95. The summed E-state index contributed by atoms with van der Waals surface area (Å²) in [5, 5.41) is 38.8. The molecule has 2 aromatic rings. The highest BCUT2D eigenvalue weighted by molar-refractivity contribution is 5.98. The summed E-state index contributed by atoms with van der Waals surface area (Å²) in [6.07, 6.45) is 3.69. The predicted molar refractivity (Wildman–Crippen MR) is 289 cm³/mol. The van der Waals surface area contributed by atoms with Crippen molar-refractivity contribution in [2.24, 2.45) is 22.2 Å². The molecule has 432 valence electrons. The summed E-state index contributed by atoms with van der Waals surface area (Å²) in [5.74, 6) is -7.27. The van der Waals surface area contributed by atoms with Crippen LogP contribution in [0.15, 0.2) is 65.7 Å². The van der Waals surface area contributed by atoms with Crippen LogP contribution in [-0.2, 0) is 60.8 Å². The van der Waals surface area contributed by atoms with Crippen LogP contribution in [0.2, 0.25) is 0 Å². The van der Waals surface area contributed by atoms with Crippen LogP contribution >= 0.6 is 0 Å². The van der Waals surface area contributed by atoms with Crippen molar-refractivity contribution in [2.75, 3.05) is 59.5 Å². The average Bonchev–Trinajstić information content (AvgIpc) is 4.28. The molecule has 8 atom stereocenters. The molecule has 3 fully saturated rings. The minimum Gasteiger partial charge on any atom is -0.480 e. The molecule has 0 bridgehead atoms. The molecule has 3 heterocycles. The Morgan fingerprint density at radius 3 is 1.68 bits per heavy atom. The first-order chi connectivity index (χ1) is 37.9. The zero-order valence-corrected chi connectivity index (χ0v) is 44.7. The number of benzene rings is 2. The summed E-state index contributed by atoms with van der Waals surface area (Å²) < 4.78 is 0. The zero-order valence-electron chi connectivity index (χ0n) is 44.7. The van der Waals surface area contributed by atoms with Crippen LogP contribution in [0.3, 0.4) is 0 Å². The highest BCUT2D eigenvalue weighted by atomic mass is 16.4. The highest BCUT2D eigenvalue weighted by Crippen LogP contribution is 2.27. The molecule has 0 unspecified atom stereocenters. The molecule has 0 radical (unpaired) electrons. The van der Waals surface area contributed by atoms with E-state index < -0.39 is 121 Å². The molecule has 2 aromatic carbocycles. The second kappa shape index (κ2) is 31.6. The lowest BCUT2D eigenvalue weighted by atomic mass is 10.0. The number of carboxylic acid groups (broad SMARTS) is 1. The third-order valence-corrected chi connectivity index (χ3v) is 14.0. The van der Waals surface area contributed by atoms with Gasteiger partial charge in [0, 0.05) is 39.0 Å². The number of aliphatic carboxylic acids is 1. The molecule has 15 N–H and O–H groups in total. The molecule has 0 spiro atoms. The van der Waals surface area contributed by atoms with Crippen molar-refractivity contribution < 1.29 is 58.2 Å². The fourth-order valence-corrected chi connectivity index (χ4v) is 10.1. The molecular formula is C53H78N14O12. The zero-order chi connectivity index (χ0) is 57.4. The van der Waals surface area contributed by atoms with Gasteiger partial charge in [0.1, 0.15) is 48.3 Å². The van der Waals surface area contributed by atoms with Gasteiger partial charge in [0.15, 0.2) is 5.96 Å². The lowest BCUT2D eigenvalue weighted by Gasteiger charge is -2.33. The van der Waals surface area contributed by atoms with Gasteiger partial charge in [-0.1, -0.05) is 60.7 Å². The van der Waals surface area contributed by atoms with Crippen molar-refractivity contribution in [1.82, 2.24) is 51.9 Å². The number of nitrogens with one attached hydrogen (secondary N) is 7. The first kappa shape index (κ1) is 62.1. The second-order valence-electron chi connectivity index (χ2n) is 19.9. The average molecular weight is 1100 g/mol. The quantitative estimate of drug-likeness (QED) is 0.0205. The predicted octanol–water partition coefficient (Wildman–Crippen LogP) is -3.54. The van der Waals surface area contributed by atoms with Crippen molar-refractivity contribution in [1.29, 1.82) is 0 Å². The normalized spacial score (nSPS) is 18.7. The van der Waals surface area contributed by atoms with E-state index >= 15 is 0 Å². The number of likely N-dealkylation sites (N-methyl/N-ethyl adjacent to an activating group) is 1. The smallest absolute Gasteiger partial charge is 0.326 e. The Labute approximate surface area is 459 Å². The maximum atomic E-state index is 14.4. The Kier molecular flexibility index (Phi) is 24.9. The van der Waals surface area contributed by atoms with Crippen LogP contribution in [0, 0.1) is 0 Å². The number of aliphatic hydroxyl groups excluding tert-OH is 1. The number of likely N-dealkylation sites (tertiary alicyclic amines) is 3. The van der Waals surface area contributed by atoms with Crippen molar-refractivity contribution >= 4 is 65.1 Å². The summed E-state index contributed by atoms with van der Waals surface area (Å²) in [5.41, 5.74) is 18.0. The minimum atomic E-state index is -1.56. The van der Waals surface area contributed by atoms with Crippen LogP contribution < -0.4 is 54.4 Å². The van der Waals surface area contributed by atoms with Gasteiger partial charge in [-0.05, 0) is 95.3 Å². The number of nitrogens with zero attached hydrogens (tertiary/aromatic N) is 4. The van der Waals surface area contributed by atoms with Crippen LogP contribution in [0.5, 0.6) is 0 Å². The van der Waals surface area contributed by atoms with E-state index in [1.807, 2.05) is 0 Å². The van der Waals surface area contributed by atoms with E-state index in [-0.39, 0.29) is 90.0 Å². The monoisotopic (exact) mass is 1100 g/mol. The molecule has 9 amide bonds. The molecule has 3 aliphatic rings. The topological polar surface area (TPSA) is 396 Å². The number of carbonyl (C=O) groups is 10. The van der Waals surface area contributed by atoms with Crippen LogP contribution in [-0.4, -0.2) is 198 Å². The summed E-state index contributed by atoms with van der Waals surface area (Å²) in [4.78, 5) is 144. The lowest BCUT2D eigenvalue weighted by Crippen LogP contribution is -2.59. The van der Waals surface area contributed by atoms with Gasteiger partial charge in [0.05, 0.1) is 19.7 Å². The molecule has 3 aliphatic heterocycles. The van der Waals surface area contributed by atoms with Gasteiger partial charge in [-0.25, -0.2) is 4.79 Å². The van der Waals surface area contributed by atoms with Gasteiger partial charge < -0.3 is 79.3 Å². The Balaban J connectivity index is 1.22. The fourth-order valence-electron chi connectivity index (χ4n) is 10.1. The van der Waals surface area contributed by atoms with Crippen LogP contribution in [0.25, 0.3) is 0 Å². The Hall–Kier alpha value is -7.71. The largest absolute Gasteiger partial charge is 0.480 e. The number of rotatable bonds is 30. The van der Waals surface area contributed by atoms with Gasteiger partial charge in [-0.3, -0.25) is 48.1 Å². The maximum Gasteiger partial charge on any atom is 0.326 e. The molecule has 26 nitrogen and oxygen atoms in total. The molecule has 26 heteroatoms. The van der Waals surface area contributed by atoms with E-state index in [4.69, 9.17) is 17.2 Å². The molecule has 3 saturated heterocycles. The number of unbranched alkanes of at least 4 members (excludes halogenated alkanes) is 1. The van der Waals surface area contributed by atoms with Crippen LogP contribution in [0.4, 0.5) is 0 Å². The van der Waals surface area contributed by atoms with Gasteiger partial charge >= 0.3 is 5.97 Å². The third kappa shape index (κ3) is 18.7. The van der Waals surface area contributed by atoms with Crippen LogP contribution in [0.1, 0.15) is 81.8 Å².